The average molecular weight is 260 g/mol. The molecule has 0 saturated heterocycles. The Kier molecular flexibility index (Phi) is 3.85. The molecule has 2 N–H and O–H groups in total. The Morgan fingerprint density at radius 1 is 1.32 bits per heavy atom. The molecule has 0 bridgehead atoms. The molecule has 100 valence electrons. The molecular formula is C14H16N2O3. The number of aromatic amines is 1. The van der Waals surface area contributed by atoms with E-state index in [-0.39, 0.29) is 5.69 Å². The van der Waals surface area contributed by atoms with Gasteiger partial charge >= 0.3 is 5.97 Å². The predicted molar refractivity (Wildman–Crippen MR) is 71.5 cm³/mol. The van der Waals surface area contributed by atoms with Crippen LogP contribution in [-0.4, -0.2) is 27.7 Å². The number of imidazole rings is 1. The number of nitrogens with one attached hydrogen (secondary N) is 1. The van der Waals surface area contributed by atoms with Gasteiger partial charge in [-0.25, -0.2) is 9.78 Å². The van der Waals surface area contributed by atoms with E-state index in [1.54, 1.807) is 0 Å². The number of ether oxygens (including phenoxy) is 1. The second kappa shape index (κ2) is 5.56. The molecule has 5 nitrogen and oxygen atoms in total. The number of carbonyl (C=O) groups is 1. The fourth-order valence-corrected chi connectivity index (χ4v) is 1.85. The third-order valence-electron chi connectivity index (χ3n) is 2.77. The molecule has 0 radical (unpaired) electrons. The van der Waals surface area contributed by atoms with Crippen LogP contribution in [0.4, 0.5) is 0 Å². The summed E-state index contributed by atoms with van der Waals surface area (Å²) in [6.07, 6.45) is 0.603. The third-order valence-corrected chi connectivity index (χ3v) is 2.77. The van der Waals surface area contributed by atoms with Gasteiger partial charge in [-0.2, -0.15) is 0 Å². The fraction of sp³-hybridized carbons (Fsp3) is 0.286. The van der Waals surface area contributed by atoms with Gasteiger partial charge < -0.3 is 14.8 Å². The van der Waals surface area contributed by atoms with E-state index in [9.17, 15) is 4.79 Å². The van der Waals surface area contributed by atoms with Crippen LogP contribution >= 0.6 is 0 Å². The van der Waals surface area contributed by atoms with Gasteiger partial charge in [-0.1, -0.05) is 6.92 Å². The Labute approximate surface area is 111 Å². The topological polar surface area (TPSA) is 75.2 Å². The number of aromatic carboxylic acids is 1. The number of aryl methyl sites for hydroxylation is 1. The number of nitrogens with zero attached hydrogens (tertiary/aromatic N) is 1. The minimum atomic E-state index is -1.01. The number of rotatable bonds is 5. The molecule has 0 spiro atoms. The Balaban J connectivity index is 2.33. The molecule has 0 fully saturated rings. The summed E-state index contributed by atoms with van der Waals surface area (Å²) < 4.78 is 5.36. The van der Waals surface area contributed by atoms with Gasteiger partial charge in [-0.05, 0) is 37.6 Å². The molecule has 5 heteroatoms. The molecule has 0 aliphatic heterocycles. The lowest BCUT2D eigenvalue weighted by Gasteiger charge is -2.03. The molecule has 0 amide bonds. The zero-order valence-corrected chi connectivity index (χ0v) is 10.9. The lowest BCUT2D eigenvalue weighted by molar-refractivity contribution is 0.0690. The second-order valence-corrected chi connectivity index (χ2v) is 4.03. The third kappa shape index (κ3) is 2.76. The van der Waals surface area contributed by atoms with Crippen LogP contribution in [0.1, 0.15) is 30.0 Å². The van der Waals surface area contributed by atoms with Crippen LogP contribution in [-0.2, 0) is 6.42 Å². The fourth-order valence-electron chi connectivity index (χ4n) is 1.85. The molecule has 0 atom stereocenters. The molecule has 0 aliphatic rings. The maximum absolute atomic E-state index is 11.1. The molecule has 0 aliphatic carbocycles. The van der Waals surface area contributed by atoms with E-state index in [2.05, 4.69) is 9.97 Å². The maximum Gasteiger partial charge on any atom is 0.356 e. The molecular weight excluding hydrogens is 244 g/mol. The van der Waals surface area contributed by atoms with Gasteiger partial charge in [0, 0.05) is 11.3 Å². The summed E-state index contributed by atoms with van der Waals surface area (Å²) in [5.74, 6) is 0.342. The number of carboxylic acid groups (broad SMARTS) is 1. The molecule has 2 rings (SSSR count). The van der Waals surface area contributed by atoms with Crippen molar-refractivity contribution >= 4 is 5.97 Å². The molecule has 1 heterocycles. The van der Waals surface area contributed by atoms with E-state index < -0.39 is 5.97 Å². The van der Waals surface area contributed by atoms with Gasteiger partial charge in [0.05, 0.1) is 6.61 Å². The van der Waals surface area contributed by atoms with Gasteiger partial charge in [0.2, 0.25) is 0 Å². The van der Waals surface area contributed by atoms with Crippen LogP contribution in [0.3, 0.4) is 0 Å². The Morgan fingerprint density at radius 2 is 2.00 bits per heavy atom. The van der Waals surface area contributed by atoms with Crippen LogP contribution in [0.5, 0.6) is 5.75 Å². The van der Waals surface area contributed by atoms with Crippen LogP contribution < -0.4 is 4.74 Å². The first-order chi connectivity index (χ1) is 9.15. The SMILES string of the molecule is CCOc1ccc(-c2nc(C(=O)O)c(CC)[nH]2)cc1. The molecule has 0 saturated carbocycles. The summed E-state index contributed by atoms with van der Waals surface area (Å²) in [6, 6.07) is 7.39. The van der Waals surface area contributed by atoms with Crippen molar-refractivity contribution in [3.8, 4) is 17.1 Å². The number of hydrogen-bond donors (Lipinski definition) is 2. The number of benzene rings is 1. The summed E-state index contributed by atoms with van der Waals surface area (Å²) in [5, 5.41) is 9.07. The van der Waals surface area contributed by atoms with Crippen LogP contribution in [0.15, 0.2) is 24.3 Å². The highest BCUT2D eigenvalue weighted by Crippen LogP contribution is 2.21. The van der Waals surface area contributed by atoms with Crippen LogP contribution in [0.2, 0.25) is 0 Å². The van der Waals surface area contributed by atoms with Crippen molar-refractivity contribution in [3.63, 3.8) is 0 Å². The molecule has 1 aromatic carbocycles. The van der Waals surface area contributed by atoms with Crippen LogP contribution in [0.25, 0.3) is 11.4 Å². The van der Waals surface area contributed by atoms with Crippen molar-refractivity contribution in [2.24, 2.45) is 0 Å². The molecule has 0 unspecified atom stereocenters. The lowest BCUT2D eigenvalue weighted by atomic mass is 10.2. The average Bonchev–Trinajstić information content (AvgIpc) is 2.84. The van der Waals surface area contributed by atoms with Crippen LogP contribution in [0, 0.1) is 0 Å². The van der Waals surface area contributed by atoms with Crippen molar-refractivity contribution in [2.75, 3.05) is 6.61 Å². The zero-order chi connectivity index (χ0) is 13.8. The summed E-state index contributed by atoms with van der Waals surface area (Å²) >= 11 is 0. The predicted octanol–water partition coefficient (Wildman–Crippen LogP) is 2.74. The Morgan fingerprint density at radius 3 is 2.47 bits per heavy atom. The highest BCUT2D eigenvalue weighted by molar-refractivity contribution is 5.87. The van der Waals surface area contributed by atoms with E-state index in [1.807, 2.05) is 38.1 Å². The maximum atomic E-state index is 11.1. The van der Waals surface area contributed by atoms with Crippen molar-refractivity contribution in [2.45, 2.75) is 20.3 Å². The molecule has 19 heavy (non-hydrogen) atoms. The lowest BCUT2D eigenvalue weighted by Crippen LogP contribution is -2.00. The first-order valence-electron chi connectivity index (χ1n) is 6.21. The minimum absolute atomic E-state index is 0.0892. The first kappa shape index (κ1) is 13.1. The van der Waals surface area contributed by atoms with Crippen molar-refractivity contribution in [1.82, 2.24) is 9.97 Å². The highest BCUT2D eigenvalue weighted by atomic mass is 16.5. The molecule has 1 aromatic heterocycles. The van der Waals surface area contributed by atoms with Gasteiger partial charge in [-0.15, -0.1) is 0 Å². The van der Waals surface area contributed by atoms with Crippen molar-refractivity contribution < 1.29 is 14.6 Å². The standard InChI is InChI=1S/C14H16N2O3/c1-3-11-12(14(17)18)16-13(15-11)9-5-7-10(8-6-9)19-4-2/h5-8H,3-4H2,1-2H3,(H,15,16)(H,17,18). The zero-order valence-electron chi connectivity index (χ0n) is 10.9. The van der Waals surface area contributed by atoms with E-state index in [4.69, 9.17) is 9.84 Å². The number of hydrogen-bond acceptors (Lipinski definition) is 3. The largest absolute Gasteiger partial charge is 0.494 e. The second-order valence-electron chi connectivity index (χ2n) is 4.03. The normalized spacial score (nSPS) is 10.4. The van der Waals surface area contributed by atoms with E-state index >= 15 is 0 Å². The summed E-state index contributed by atoms with van der Waals surface area (Å²) in [5.41, 5.74) is 1.56. The van der Waals surface area contributed by atoms with E-state index in [0.717, 1.165) is 11.3 Å². The van der Waals surface area contributed by atoms with Gasteiger partial charge in [0.15, 0.2) is 5.69 Å². The number of H-pyrrole nitrogens is 1. The summed E-state index contributed by atoms with van der Waals surface area (Å²) in [4.78, 5) is 18.2. The van der Waals surface area contributed by atoms with Gasteiger partial charge in [0.1, 0.15) is 11.6 Å². The molecule has 2 aromatic rings. The van der Waals surface area contributed by atoms with Gasteiger partial charge in [0.25, 0.3) is 0 Å². The van der Waals surface area contributed by atoms with E-state index in [0.29, 0.717) is 24.5 Å². The van der Waals surface area contributed by atoms with Gasteiger partial charge in [-0.3, -0.25) is 0 Å². The smallest absolute Gasteiger partial charge is 0.356 e. The first-order valence-corrected chi connectivity index (χ1v) is 6.21. The minimum Gasteiger partial charge on any atom is -0.494 e. The highest BCUT2D eigenvalue weighted by Gasteiger charge is 2.15. The summed E-state index contributed by atoms with van der Waals surface area (Å²) in [7, 11) is 0. The Hall–Kier alpha value is -2.30. The summed E-state index contributed by atoms with van der Waals surface area (Å²) in [6.45, 7) is 4.43. The Bertz CT molecular complexity index is 573. The monoisotopic (exact) mass is 260 g/mol. The van der Waals surface area contributed by atoms with Crippen molar-refractivity contribution in [1.29, 1.82) is 0 Å². The number of carboxylic acids is 1. The van der Waals surface area contributed by atoms with E-state index in [1.165, 1.54) is 0 Å². The van der Waals surface area contributed by atoms with Crippen molar-refractivity contribution in [3.05, 3.63) is 35.7 Å². The quantitative estimate of drug-likeness (QED) is 0.866. The number of aromatic nitrogens is 2.